The summed E-state index contributed by atoms with van der Waals surface area (Å²) in [6.07, 6.45) is -2.13. The summed E-state index contributed by atoms with van der Waals surface area (Å²) >= 11 is 2.22. The van der Waals surface area contributed by atoms with Crippen LogP contribution >= 0.6 is 22.6 Å². The van der Waals surface area contributed by atoms with Crippen molar-refractivity contribution in [2.24, 2.45) is 5.41 Å². The fraction of sp³-hybridized carbons (Fsp3) is 0.591. The quantitative estimate of drug-likeness (QED) is 0.271. The predicted molar refractivity (Wildman–Crippen MR) is 123 cm³/mol. The van der Waals surface area contributed by atoms with E-state index in [1.54, 1.807) is 0 Å². The van der Waals surface area contributed by atoms with Crippen molar-refractivity contribution >= 4 is 40.4 Å². The summed E-state index contributed by atoms with van der Waals surface area (Å²) in [5.41, 5.74) is -0.310. The fourth-order valence-corrected chi connectivity index (χ4v) is 5.99. The monoisotopic (exact) mass is 587 g/mol. The molecule has 1 saturated carbocycles. The van der Waals surface area contributed by atoms with Gasteiger partial charge in [-0.05, 0) is 40.3 Å². The molecule has 0 radical (unpaired) electrons. The molecule has 2 bridgehead atoms. The minimum atomic E-state index is -1.24. The standard InChI is InChI=1S/C22H26IN3O8/c23-13-3-1-2-12(8-13)10-26-18-20(29)33-14-9-22(18,19(34-26)17-16(14)31-11-32-17)21(30)25-5-4-15(28)24-6-7-27/h1-3,8,14,16-19,27H,4-7,9-11H2,(H,24,28)(H,25,30)/t14-,16+,17+,18+,19-,22+/m1/s1. The number of nitrogens with zero attached hydrogens (tertiary/aromatic N) is 1. The van der Waals surface area contributed by atoms with Gasteiger partial charge in [-0.3, -0.25) is 19.2 Å². The molecule has 3 aliphatic heterocycles. The van der Waals surface area contributed by atoms with Crippen molar-refractivity contribution in [1.82, 2.24) is 15.7 Å². The van der Waals surface area contributed by atoms with Crippen molar-refractivity contribution in [2.45, 2.75) is 49.8 Å². The number of halogens is 1. The van der Waals surface area contributed by atoms with Crippen molar-refractivity contribution in [3.63, 3.8) is 0 Å². The first-order valence-corrected chi connectivity index (χ1v) is 12.3. The number of nitrogens with one attached hydrogen (secondary N) is 2. The van der Waals surface area contributed by atoms with E-state index in [2.05, 4.69) is 33.2 Å². The lowest BCUT2D eigenvalue weighted by Gasteiger charge is -2.48. The van der Waals surface area contributed by atoms with Crippen LogP contribution in [0, 0.1) is 8.99 Å². The smallest absolute Gasteiger partial charge is 0.327 e. The number of aliphatic hydroxyl groups excluding tert-OH is 1. The third kappa shape index (κ3) is 4.09. The van der Waals surface area contributed by atoms with E-state index >= 15 is 0 Å². The Bertz CT molecular complexity index is 979. The molecule has 1 aromatic carbocycles. The van der Waals surface area contributed by atoms with Gasteiger partial charge in [0.15, 0.2) is 6.04 Å². The Morgan fingerprint density at radius 2 is 2.03 bits per heavy atom. The topological polar surface area (TPSA) is 136 Å². The maximum atomic E-state index is 13.7. The summed E-state index contributed by atoms with van der Waals surface area (Å²) in [4.78, 5) is 45.1. The summed E-state index contributed by atoms with van der Waals surface area (Å²) in [5.74, 6) is -1.20. The number of esters is 1. The maximum Gasteiger partial charge on any atom is 0.327 e. The van der Waals surface area contributed by atoms with Gasteiger partial charge in [0.25, 0.3) is 0 Å². The first kappa shape index (κ1) is 23.9. The molecule has 1 aliphatic carbocycles. The zero-order valence-corrected chi connectivity index (χ0v) is 20.4. The van der Waals surface area contributed by atoms with Crippen molar-refractivity contribution in [2.75, 3.05) is 26.5 Å². The molecule has 4 fully saturated rings. The van der Waals surface area contributed by atoms with E-state index in [9.17, 15) is 14.4 Å². The van der Waals surface area contributed by atoms with Gasteiger partial charge in [0.05, 0.1) is 13.2 Å². The third-order valence-electron chi connectivity index (χ3n) is 6.79. The summed E-state index contributed by atoms with van der Waals surface area (Å²) < 4.78 is 18.2. The van der Waals surface area contributed by atoms with Gasteiger partial charge in [0, 0.05) is 29.5 Å². The number of rotatable bonds is 8. The van der Waals surface area contributed by atoms with E-state index in [0.29, 0.717) is 0 Å². The predicted octanol–water partition coefficient (Wildman–Crippen LogP) is -0.553. The second-order valence-electron chi connectivity index (χ2n) is 8.81. The molecule has 3 N–H and O–H groups in total. The molecule has 11 nitrogen and oxygen atoms in total. The van der Waals surface area contributed by atoms with E-state index in [-0.39, 0.29) is 57.7 Å². The molecule has 0 spiro atoms. The van der Waals surface area contributed by atoms with Crippen molar-refractivity contribution < 1.29 is 38.5 Å². The van der Waals surface area contributed by atoms with Gasteiger partial charge < -0.3 is 30.0 Å². The lowest BCUT2D eigenvalue weighted by Crippen LogP contribution is -2.69. The summed E-state index contributed by atoms with van der Waals surface area (Å²) in [6, 6.07) is 6.84. The number of benzene rings is 1. The van der Waals surface area contributed by atoms with Crippen molar-refractivity contribution in [3.8, 4) is 0 Å². The minimum Gasteiger partial charge on any atom is -0.458 e. The van der Waals surface area contributed by atoms with E-state index in [0.717, 1.165) is 9.13 Å². The molecular formula is C22H26IN3O8. The third-order valence-corrected chi connectivity index (χ3v) is 7.46. The van der Waals surface area contributed by atoms with Crippen LogP contribution < -0.4 is 10.6 Å². The van der Waals surface area contributed by atoms with Crippen molar-refractivity contribution in [3.05, 3.63) is 33.4 Å². The Morgan fingerprint density at radius 1 is 1.21 bits per heavy atom. The molecule has 12 heteroatoms. The maximum absolute atomic E-state index is 13.7. The van der Waals surface area contributed by atoms with Crippen LogP contribution in [-0.4, -0.2) is 84.9 Å². The highest BCUT2D eigenvalue weighted by Gasteiger charge is 2.74. The number of carbonyl (C=O) groups excluding carboxylic acids is 3. The minimum absolute atomic E-state index is 0.0352. The molecule has 0 aromatic heterocycles. The Balaban J connectivity index is 1.41. The molecule has 0 unspecified atom stereocenters. The number of hydrogen-bond donors (Lipinski definition) is 3. The van der Waals surface area contributed by atoms with Crippen LogP contribution in [0.15, 0.2) is 24.3 Å². The Labute approximate surface area is 209 Å². The van der Waals surface area contributed by atoms with Gasteiger partial charge in [-0.2, -0.15) is 5.06 Å². The first-order chi connectivity index (χ1) is 16.4. The largest absolute Gasteiger partial charge is 0.458 e. The van der Waals surface area contributed by atoms with Crippen LogP contribution in [0.2, 0.25) is 0 Å². The average molecular weight is 587 g/mol. The zero-order chi connectivity index (χ0) is 23.9. The molecule has 1 aromatic rings. The lowest BCUT2D eigenvalue weighted by molar-refractivity contribution is -0.201. The lowest BCUT2D eigenvalue weighted by atomic mass is 9.62. The molecule has 34 heavy (non-hydrogen) atoms. The zero-order valence-electron chi connectivity index (χ0n) is 18.3. The molecule has 6 atom stereocenters. The van der Waals surface area contributed by atoms with Gasteiger partial charge in [-0.15, -0.1) is 0 Å². The molecule has 3 saturated heterocycles. The van der Waals surface area contributed by atoms with Crippen LogP contribution in [0.1, 0.15) is 18.4 Å². The fourth-order valence-electron chi connectivity index (χ4n) is 5.39. The number of fused-ring (bicyclic) bond motifs is 4. The van der Waals surface area contributed by atoms with Gasteiger partial charge in [-0.25, -0.2) is 0 Å². The highest BCUT2D eigenvalue weighted by atomic mass is 127. The average Bonchev–Trinajstić information content (AvgIpc) is 3.42. The van der Waals surface area contributed by atoms with Gasteiger partial charge >= 0.3 is 5.97 Å². The van der Waals surface area contributed by atoms with Crippen LogP contribution in [0.5, 0.6) is 0 Å². The van der Waals surface area contributed by atoms with E-state index in [1.165, 1.54) is 5.06 Å². The normalized spacial score (nSPS) is 33.8. The second kappa shape index (κ2) is 9.66. The van der Waals surface area contributed by atoms with Gasteiger partial charge in [0.2, 0.25) is 11.8 Å². The SMILES string of the molecule is O=C(CCNC(=O)[C@@]12C[C@H]3OC(=O)[C@@H]1N(Cc1cccc(I)c1)O[C@@H]2[C@H]1OCO[C@H]13)NCCO. The Morgan fingerprint density at radius 3 is 2.82 bits per heavy atom. The molecule has 5 rings (SSSR count). The van der Waals surface area contributed by atoms with Gasteiger partial charge in [-0.1, -0.05) is 12.1 Å². The number of carbonyl (C=O) groups is 3. The van der Waals surface area contributed by atoms with E-state index < -0.39 is 41.8 Å². The summed E-state index contributed by atoms with van der Waals surface area (Å²) in [6.45, 7) is 0.393. The Kier molecular flexibility index (Phi) is 6.79. The highest BCUT2D eigenvalue weighted by molar-refractivity contribution is 14.1. The van der Waals surface area contributed by atoms with Crippen LogP contribution in [-0.2, 0) is 40.0 Å². The molecule has 184 valence electrons. The van der Waals surface area contributed by atoms with Crippen LogP contribution in [0.4, 0.5) is 0 Å². The van der Waals surface area contributed by atoms with Crippen LogP contribution in [0.3, 0.4) is 0 Å². The van der Waals surface area contributed by atoms with E-state index in [1.807, 2.05) is 24.3 Å². The number of hydrogen-bond acceptors (Lipinski definition) is 9. The number of amides is 2. The highest BCUT2D eigenvalue weighted by Crippen LogP contribution is 2.55. The molecular weight excluding hydrogens is 561 g/mol. The number of hydroxylamine groups is 2. The molecule has 2 amide bonds. The second-order valence-corrected chi connectivity index (χ2v) is 10.1. The molecule has 4 aliphatic rings. The van der Waals surface area contributed by atoms with Crippen LogP contribution in [0.25, 0.3) is 0 Å². The molecule has 3 heterocycles. The number of ether oxygens (including phenoxy) is 3. The van der Waals surface area contributed by atoms with Gasteiger partial charge in [0.1, 0.15) is 36.6 Å². The Hall–Kier alpha value is -1.84. The number of aliphatic hydroxyl groups is 1. The summed E-state index contributed by atoms with van der Waals surface area (Å²) in [5, 5.41) is 15.7. The van der Waals surface area contributed by atoms with Crippen molar-refractivity contribution in [1.29, 1.82) is 0 Å². The van der Waals surface area contributed by atoms with E-state index in [4.69, 9.17) is 24.2 Å². The first-order valence-electron chi connectivity index (χ1n) is 11.2. The summed E-state index contributed by atoms with van der Waals surface area (Å²) in [7, 11) is 0.